The fourth-order valence-electron chi connectivity index (χ4n) is 3.10. The lowest BCUT2D eigenvalue weighted by Crippen LogP contribution is -2.26. The zero-order chi connectivity index (χ0) is 14.7. The number of hydrogen-bond acceptors (Lipinski definition) is 3. The van der Waals surface area contributed by atoms with E-state index in [1.54, 1.807) is 11.3 Å². The molecule has 0 atom stereocenters. The van der Waals surface area contributed by atoms with Crippen LogP contribution in [0.15, 0.2) is 24.3 Å². The third kappa shape index (κ3) is 3.62. The lowest BCUT2D eigenvalue weighted by Gasteiger charge is -2.17. The molecule has 0 N–H and O–H groups in total. The molecule has 1 aliphatic rings. The molecule has 3 rings (SSSR count). The Morgan fingerprint density at radius 2 is 2.10 bits per heavy atom. The van der Waals surface area contributed by atoms with Crippen LogP contribution in [0.25, 0.3) is 10.2 Å². The Morgan fingerprint density at radius 1 is 1.33 bits per heavy atom. The minimum atomic E-state index is 0.251. The molecule has 0 saturated heterocycles. The zero-order valence-electron chi connectivity index (χ0n) is 12.5. The van der Waals surface area contributed by atoms with Crippen molar-refractivity contribution in [2.24, 2.45) is 5.92 Å². The number of benzene rings is 1. The minimum Gasteiger partial charge on any atom is -0.339 e. The standard InChI is InChI=1S/C17H22N2OS/c1-19(17(20)11-10-13-6-2-3-7-13)12-16-18-14-8-4-5-9-15(14)21-16/h4-5,8-9,13H,2-3,6-7,10-12H2,1H3. The molecule has 1 amide bonds. The van der Waals surface area contributed by atoms with Crippen molar-refractivity contribution in [3.05, 3.63) is 29.3 Å². The summed E-state index contributed by atoms with van der Waals surface area (Å²) in [6.07, 6.45) is 7.07. The van der Waals surface area contributed by atoms with Gasteiger partial charge in [0.2, 0.25) is 5.91 Å². The Balaban J connectivity index is 1.54. The summed E-state index contributed by atoms with van der Waals surface area (Å²) < 4.78 is 1.19. The van der Waals surface area contributed by atoms with Crippen molar-refractivity contribution in [1.29, 1.82) is 0 Å². The van der Waals surface area contributed by atoms with Gasteiger partial charge >= 0.3 is 0 Å². The molecule has 3 nitrogen and oxygen atoms in total. The highest BCUT2D eigenvalue weighted by Crippen LogP contribution is 2.29. The lowest BCUT2D eigenvalue weighted by atomic mass is 10.0. The molecule has 1 heterocycles. The number of amides is 1. The molecule has 0 spiro atoms. The summed E-state index contributed by atoms with van der Waals surface area (Å²) in [7, 11) is 1.89. The van der Waals surface area contributed by atoms with Crippen molar-refractivity contribution in [3.8, 4) is 0 Å². The maximum atomic E-state index is 12.2. The zero-order valence-corrected chi connectivity index (χ0v) is 13.4. The van der Waals surface area contributed by atoms with Crippen LogP contribution in [0.1, 0.15) is 43.5 Å². The van der Waals surface area contributed by atoms with Gasteiger partial charge in [0.15, 0.2) is 0 Å². The number of carbonyl (C=O) groups excluding carboxylic acids is 1. The minimum absolute atomic E-state index is 0.251. The number of fused-ring (bicyclic) bond motifs is 1. The van der Waals surface area contributed by atoms with E-state index in [-0.39, 0.29) is 5.91 Å². The summed E-state index contributed by atoms with van der Waals surface area (Å²) in [6.45, 7) is 0.628. The van der Waals surface area contributed by atoms with Crippen molar-refractivity contribution in [2.75, 3.05) is 7.05 Å². The van der Waals surface area contributed by atoms with Gasteiger partial charge in [-0.2, -0.15) is 0 Å². The maximum absolute atomic E-state index is 12.2. The number of para-hydroxylation sites is 1. The van der Waals surface area contributed by atoms with Crippen LogP contribution in [0, 0.1) is 5.92 Å². The van der Waals surface area contributed by atoms with Crippen molar-refractivity contribution < 1.29 is 4.79 Å². The van der Waals surface area contributed by atoms with E-state index in [0.717, 1.165) is 22.9 Å². The molecule has 2 aromatic rings. The van der Waals surface area contributed by atoms with E-state index < -0.39 is 0 Å². The van der Waals surface area contributed by atoms with E-state index in [0.29, 0.717) is 13.0 Å². The Kier molecular flexibility index (Phi) is 4.54. The topological polar surface area (TPSA) is 33.2 Å². The predicted molar refractivity (Wildman–Crippen MR) is 87.3 cm³/mol. The molecule has 0 aliphatic heterocycles. The Labute approximate surface area is 130 Å². The Hall–Kier alpha value is -1.42. The average Bonchev–Trinajstić information content (AvgIpc) is 3.13. The van der Waals surface area contributed by atoms with Crippen LogP contribution in [0.2, 0.25) is 0 Å². The van der Waals surface area contributed by atoms with Gasteiger partial charge < -0.3 is 4.90 Å². The highest BCUT2D eigenvalue weighted by Gasteiger charge is 2.18. The molecule has 1 fully saturated rings. The average molecular weight is 302 g/mol. The third-order valence-corrected chi connectivity index (χ3v) is 5.40. The summed E-state index contributed by atoms with van der Waals surface area (Å²) in [5.41, 5.74) is 1.03. The van der Waals surface area contributed by atoms with Gasteiger partial charge in [-0.1, -0.05) is 37.8 Å². The second kappa shape index (κ2) is 6.56. The van der Waals surface area contributed by atoms with Gasteiger partial charge in [-0.3, -0.25) is 4.79 Å². The largest absolute Gasteiger partial charge is 0.339 e. The van der Waals surface area contributed by atoms with Crippen LogP contribution in [0.5, 0.6) is 0 Å². The van der Waals surface area contributed by atoms with Crippen LogP contribution in [-0.4, -0.2) is 22.8 Å². The van der Waals surface area contributed by atoms with Gasteiger partial charge in [0.05, 0.1) is 16.8 Å². The molecule has 112 valence electrons. The van der Waals surface area contributed by atoms with Crippen LogP contribution in [0.4, 0.5) is 0 Å². The number of carbonyl (C=O) groups is 1. The summed E-state index contributed by atoms with van der Waals surface area (Å²) in [5, 5.41) is 1.02. The number of aromatic nitrogens is 1. The van der Waals surface area contributed by atoms with E-state index in [4.69, 9.17) is 0 Å². The smallest absolute Gasteiger partial charge is 0.222 e. The molecule has 1 aromatic carbocycles. The van der Waals surface area contributed by atoms with Crippen LogP contribution >= 0.6 is 11.3 Å². The lowest BCUT2D eigenvalue weighted by molar-refractivity contribution is -0.130. The van der Waals surface area contributed by atoms with E-state index in [1.807, 2.05) is 30.1 Å². The first-order chi connectivity index (χ1) is 10.2. The Morgan fingerprint density at radius 3 is 2.86 bits per heavy atom. The second-order valence-electron chi connectivity index (χ2n) is 6.01. The molecule has 21 heavy (non-hydrogen) atoms. The maximum Gasteiger partial charge on any atom is 0.222 e. The van der Waals surface area contributed by atoms with Crippen LogP contribution in [0.3, 0.4) is 0 Å². The molecule has 0 radical (unpaired) electrons. The number of thiazole rings is 1. The molecule has 1 aliphatic carbocycles. The molecule has 1 aromatic heterocycles. The van der Waals surface area contributed by atoms with Crippen LogP contribution in [-0.2, 0) is 11.3 Å². The van der Waals surface area contributed by atoms with Gasteiger partial charge in [0.1, 0.15) is 5.01 Å². The summed E-state index contributed by atoms with van der Waals surface area (Å²) >= 11 is 1.68. The first kappa shape index (κ1) is 14.5. The molecular weight excluding hydrogens is 280 g/mol. The molecular formula is C17H22N2OS. The molecule has 0 bridgehead atoms. The first-order valence-electron chi connectivity index (χ1n) is 7.81. The van der Waals surface area contributed by atoms with E-state index in [2.05, 4.69) is 11.1 Å². The van der Waals surface area contributed by atoms with Crippen LogP contribution < -0.4 is 0 Å². The number of hydrogen-bond donors (Lipinski definition) is 0. The quantitative estimate of drug-likeness (QED) is 0.828. The molecule has 1 saturated carbocycles. The predicted octanol–water partition coefficient (Wildman–Crippen LogP) is 4.23. The highest BCUT2D eigenvalue weighted by molar-refractivity contribution is 7.18. The normalized spacial score (nSPS) is 15.7. The summed E-state index contributed by atoms with van der Waals surface area (Å²) in [6, 6.07) is 8.14. The summed E-state index contributed by atoms with van der Waals surface area (Å²) in [5.74, 6) is 1.03. The SMILES string of the molecule is CN(Cc1nc2ccccc2s1)C(=O)CCC1CCCC1. The second-order valence-corrected chi connectivity index (χ2v) is 7.13. The van der Waals surface area contributed by atoms with Crippen molar-refractivity contribution in [3.63, 3.8) is 0 Å². The molecule has 0 unspecified atom stereocenters. The van der Waals surface area contributed by atoms with Gasteiger partial charge in [0, 0.05) is 13.5 Å². The van der Waals surface area contributed by atoms with Crippen molar-refractivity contribution in [2.45, 2.75) is 45.1 Å². The van der Waals surface area contributed by atoms with E-state index >= 15 is 0 Å². The summed E-state index contributed by atoms with van der Waals surface area (Å²) in [4.78, 5) is 18.6. The van der Waals surface area contributed by atoms with Crippen molar-refractivity contribution >= 4 is 27.5 Å². The van der Waals surface area contributed by atoms with Gasteiger partial charge in [-0.05, 0) is 24.5 Å². The van der Waals surface area contributed by atoms with E-state index in [9.17, 15) is 4.79 Å². The Bertz CT molecular complexity index is 583. The third-order valence-electron chi connectivity index (χ3n) is 4.38. The van der Waals surface area contributed by atoms with Crippen molar-refractivity contribution in [1.82, 2.24) is 9.88 Å². The molecule has 4 heteroatoms. The van der Waals surface area contributed by atoms with Gasteiger partial charge in [-0.25, -0.2) is 4.98 Å². The fourth-order valence-corrected chi connectivity index (χ4v) is 4.12. The fraction of sp³-hybridized carbons (Fsp3) is 0.529. The highest BCUT2D eigenvalue weighted by atomic mass is 32.1. The number of rotatable bonds is 5. The monoisotopic (exact) mass is 302 g/mol. The van der Waals surface area contributed by atoms with Gasteiger partial charge in [-0.15, -0.1) is 11.3 Å². The number of nitrogens with zero attached hydrogens (tertiary/aromatic N) is 2. The van der Waals surface area contributed by atoms with E-state index in [1.165, 1.54) is 30.4 Å². The first-order valence-corrected chi connectivity index (χ1v) is 8.62. The van der Waals surface area contributed by atoms with Gasteiger partial charge in [0.25, 0.3) is 0 Å².